The third-order valence-corrected chi connectivity index (χ3v) is 5.69. The molecule has 0 bridgehead atoms. The van der Waals surface area contributed by atoms with Crippen LogP contribution in [0.1, 0.15) is 23.2 Å². The molecule has 152 valence electrons. The van der Waals surface area contributed by atoms with Crippen molar-refractivity contribution >= 4 is 5.69 Å². The number of nitriles is 1. The zero-order valence-corrected chi connectivity index (χ0v) is 17.3. The Hall–Kier alpha value is -3.20. The van der Waals surface area contributed by atoms with E-state index < -0.39 is 0 Å². The monoisotopic (exact) mass is 397 g/mol. The maximum atomic E-state index is 9.15. The number of hydrogen-bond acceptors (Lipinski definition) is 5. The maximum absolute atomic E-state index is 9.15. The second kappa shape index (κ2) is 9.08. The van der Waals surface area contributed by atoms with Crippen LogP contribution >= 0.6 is 0 Å². The number of nitrogens with two attached hydrogens (primary N) is 1. The SMILES string of the molecule is Cc1ccc(-c2nc(CN)c(NCC3CCNC3)cc2-c2ccc(C#N)cc2)cc1. The van der Waals surface area contributed by atoms with E-state index in [-0.39, 0.29) is 0 Å². The summed E-state index contributed by atoms with van der Waals surface area (Å²) < 4.78 is 0. The topological polar surface area (TPSA) is 86.8 Å². The van der Waals surface area contributed by atoms with Crippen molar-refractivity contribution in [3.63, 3.8) is 0 Å². The number of rotatable bonds is 6. The summed E-state index contributed by atoms with van der Waals surface area (Å²) in [6.07, 6.45) is 1.18. The molecule has 0 radical (unpaired) electrons. The van der Waals surface area contributed by atoms with E-state index in [1.54, 1.807) is 0 Å². The van der Waals surface area contributed by atoms with Gasteiger partial charge in [0.05, 0.1) is 28.7 Å². The lowest BCUT2D eigenvalue weighted by atomic mass is 9.96. The predicted octanol–water partition coefficient (Wildman–Crippen LogP) is 4.08. The van der Waals surface area contributed by atoms with Crippen molar-refractivity contribution in [2.45, 2.75) is 19.9 Å². The highest BCUT2D eigenvalue weighted by atomic mass is 15.0. The van der Waals surface area contributed by atoms with Crippen molar-refractivity contribution in [3.05, 3.63) is 71.4 Å². The van der Waals surface area contributed by atoms with E-state index >= 15 is 0 Å². The Morgan fingerprint density at radius 3 is 2.50 bits per heavy atom. The molecule has 1 aliphatic heterocycles. The van der Waals surface area contributed by atoms with Gasteiger partial charge in [0.15, 0.2) is 0 Å². The molecule has 1 saturated heterocycles. The summed E-state index contributed by atoms with van der Waals surface area (Å²) in [6.45, 7) is 5.48. The zero-order chi connectivity index (χ0) is 20.9. The summed E-state index contributed by atoms with van der Waals surface area (Å²) in [7, 11) is 0. The van der Waals surface area contributed by atoms with Gasteiger partial charge in [-0.05, 0) is 56.1 Å². The van der Waals surface area contributed by atoms with Crippen LogP contribution in [0.2, 0.25) is 0 Å². The molecule has 1 unspecified atom stereocenters. The number of aromatic nitrogens is 1. The van der Waals surface area contributed by atoms with Crippen LogP contribution in [0.4, 0.5) is 5.69 Å². The van der Waals surface area contributed by atoms with Crippen molar-refractivity contribution in [3.8, 4) is 28.5 Å². The molecule has 3 aromatic rings. The van der Waals surface area contributed by atoms with Gasteiger partial charge in [-0.25, -0.2) is 4.98 Å². The van der Waals surface area contributed by atoms with Gasteiger partial charge < -0.3 is 16.4 Å². The van der Waals surface area contributed by atoms with Gasteiger partial charge in [-0.1, -0.05) is 42.0 Å². The molecular formula is C25H27N5. The van der Waals surface area contributed by atoms with Crippen LogP contribution in [-0.4, -0.2) is 24.6 Å². The lowest BCUT2D eigenvalue weighted by Crippen LogP contribution is -2.19. The van der Waals surface area contributed by atoms with Gasteiger partial charge in [0, 0.05) is 24.2 Å². The normalized spacial score (nSPS) is 15.7. The molecule has 0 spiro atoms. The first kappa shape index (κ1) is 20.1. The number of benzene rings is 2. The van der Waals surface area contributed by atoms with E-state index in [2.05, 4.69) is 54.0 Å². The highest BCUT2D eigenvalue weighted by Crippen LogP contribution is 2.34. The van der Waals surface area contributed by atoms with Gasteiger partial charge >= 0.3 is 0 Å². The van der Waals surface area contributed by atoms with Crippen LogP contribution in [0.25, 0.3) is 22.4 Å². The van der Waals surface area contributed by atoms with Crippen LogP contribution in [0.15, 0.2) is 54.6 Å². The van der Waals surface area contributed by atoms with E-state index in [0.717, 1.165) is 53.4 Å². The predicted molar refractivity (Wildman–Crippen MR) is 122 cm³/mol. The van der Waals surface area contributed by atoms with Crippen molar-refractivity contribution in [1.29, 1.82) is 5.26 Å². The third-order valence-electron chi connectivity index (χ3n) is 5.69. The van der Waals surface area contributed by atoms with Crippen molar-refractivity contribution in [1.82, 2.24) is 10.3 Å². The summed E-state index contributed by atoms with van der Waals surface area (Å²) in [6, 6.07) is 20.4. The van der Waals surface area contributed by atoms with Gasteiger partial charge in [-0.2, -0.15) is 5.26 Å². The number of hydrogen-bond donors (Lipinski definition) is 3. The molecule has 4 rings (SSSR count). The highest BCUT2D eigenvalue weighted by Gasteiger charge is 2.17. The van der Waals surface area contributed by atoms with Crippen LogP contribution in [0.5, 0.6) is 0 Å². The van der Waals surface area contributed by atoms with E-state index in [1.165, 1.54) is 12.0 Å². The minimum absolute atomic E-state index is 0.373. The zero-order valence-electron chi connectivity index (χ0n) is 17.3. The number of aryl methyl sites for hydroxylation is 1. The second-order valence-corrected chi connectivity index (χ2v) is 7.88. The third kappa shape index (κ3) is 4.35. The van der Waals surface area contributed by atoms with Gasteiger partial charge in [0.25, 0.3) is 0 Å². The smallest absolute Gasteiger partial charge is 0.0991 e. The largest absolute Gasteiger partial charge is 0.383 e. The standard InChI is InChI=1S/C25H27N5/c1-17-2-6-21(7-3-17)25-22(20-8-4-18(13-26)5-9-20)12-23(24(14-27)30-25)29-16-19-10-11-28-15-19/h2-9,12,19,28-29H,10-11,14-16,27H2,1H3. The molecule has 4 N–H and O–H groups in total. The van der Waals surface area contributed by atoms with Crippen LogP contribution in [0, 0.1) is 24.2 Å². The fraction of sp³-hybridized carbons (Fsp3) is 0.280. The molecule has 1 aromatic heterocycles. The summed E-state index contributed by atoms with van der Waals surface area (Å²) in [5.41, 5.74) is 13.8. The van der Waals surface area contributed by atoms with Gasteiger partial charge in [-0.3, -0.25) is 0 Å². The van der Waals surface area contributed by atoms with Crippen LogP contribution in [0.3, 0.4) is 0 Å². The molecule has 0 saturated carbocycles. The molecule has 2 heterocycles. The number of nitrogens with zero attached hydrogens (tertiary/aromatic N) is 2. The molecule has 0 amide bonds. The average molecular weight is 398 g/mol. The van der Waals surface area contributed by atoms with Gasteiger partial charge in [0.1, 0.15) is 0 Å². The summed E-state index contributed by atoms with van der Waals surface area (Å²) >= 11 is 0. The molecule has 2 aromatic carbocycles. The Balaban J connectivity index is 1.78. The van der Waals surface area contributed by atoms with Gasteiger partial charge in [-0.15, -0.1) is 0 Å². The van der Waals surface area contributed by atoms with Crippen molar-refractivity contribution < 1.29 is 0 Å². The average Bonchev–Trinajstić information content (AvgIpc) is 3.31. The molecule has 1 fully saturated rings. The molecule has 1 aliphatic rings. The fourth-order valence-corrected chi connectivity index (χ4v) is 3.88. The highest BCUT2D eigenvalue weighted by molar-refractivity contribution is 5.84. The number of nitrogens with one attached hydrogen (secondary N) is 2. The maximum Gasteiger partial charge on any atom is 0.0991 e. The Morgan fingerprint density at radius 2 is 1.87 bits per heavy atom. The van der Waals surface area contributed by atoms with E-state index in [0.29, 0.717) is 18.0 Å². The summed E-state index contributed by atoms with van der Waals surface area (Å²) in [5.74, 6) is 0.616. The lowest BCUT2D eigenvalue weighted by molar-refractivity contribution is 0.615. The Morgan fingerprint density at radius 1 is 1.13 bits per heavy atom. The minimum atomic E-state index is 0.373. The van der Waals surface area contributed by atoms with E-state index in [4.69, 9.17) is 16.0 Å². The fourth-order valence-electron chi connectivity index (χ4n) is 3.88. The Labute approximate surface area is 178 Å². The molecular weight excluding hydrogens is 370 g/mol. The van der Waals surface area contributed by atoms with Crippen LogP contribution in [-0.2, 0) is 6.54 Å². The van der Waals surface area contributed by atoms with Gasteiger partial charge in [0.2, 0.25) is 0 Å². The van der Waals surface area contributed by atoms with Crippen molar-refractivity contribution in [2.24, 2.45) is 11.7 Å². The number of anilines is 1. The molecule has 5 heteroatoms. The van der Waals surface area contributed by atoms with E-state index in [1.807, 2.05) is 24.3 Å². The first-order valence-corrected chi connectivity index (χ1v) is 10.4. The van der Waals surface area contributed by atoms with Crippen LogP contribution < -0.4 is 16.4 Å². The second-order valence-electron chi connectivity index (χ2n) is 7.88. The molecule has 1 atom stereocenters. The first-order chi connectivity index (χ1) is 14.7. The Bertz CT molecular complexity index is 1040. The first-order valence-electron chi connectivity index (χ1n) is 10.4. The quantitative estimate of drug-likeness (QED) is 0.583. The molecule has 0 aliphatic carbocycles. The lowest BCUT2D eigenvalue weighted by Gasteiger charge is -2.18. The Kier molecular flexibility index (Phi) is 6.08. The summed E-state index contributed by atoms with van der Waals surface area (Å²) in [4.78, 5) is 4.99. The summed E-state index contributed by atoms with van der Waals surface area (Å²) in [5, 5.41) is 16.2. The minimum Gasteiger partial charge on any atom is -0.383 e. The number of pyridine rings is 1. The molecule has 5 nitrogen and oxygen atoms in total. The van der Waals surface area contributed by atoms with Crippen molar-refractivity contribution in [2.75, 3.05) is 25.0 Å². The molecule has 30 heavy (non-hydrogen) atoms. The van der Waals surface area contributed by atoms with E-state index in [9.17, 15) is 0 Å².